The fourth-order valence-corrected chi connectivity index (χ4v) is 23.0. The highest BCUT2D eigenvalue weighted by Gasteiger charge is 2.39. The van der Waals surface area contributed by atoms with Crippen molar-refractivity contribution in [2.45, 2.75) is 179 Å². The lowest BCUT2D eigenvalue weighted by molar-refractivity contribution is -0.141. The number of pyridine rings is 3. The number of Topliss-reactive ketones (excluding diaryl/α,β-unsaturated/α-hetero) is 1. The van der Waals surface area contributed by atoms with Crippen molar-refractivity contribution in [2.75, 3.05) is 39.3 Å². The topological polar surface area (TPSA) is 230 Å². The number of carbonyl (C=O) groups is 1. The Hall–Kier alpha value is -8.61. The molecule has 3 saturated heterocycles. The van der Waals surface area contributed by atoms with Crippen LogP contribution in [0.15, 0.2) is 177 Å². The van der Waals surface area contributed by atoms with E-state index >= 15 is 0 Å². The number of thiazole rings is 3. The molecule has 6 aliphatic rings. The predicted octanol–water partition coefficient (Wildman–Crippen LogP) is 19.1. The van der Waals surface area contributed by atoms with E-state index < -0.39 is 65.7 Å². The summed E-state index contributed by atoms with van der Waals surface area (Å²) in [6, 6.07) is 30.4. The van der Waals surface area contributed by atoms with E-state index in [4.69, 9.17) is 0 Å². The second-order valence-corrected chi connectivity index (χ2v) is 37.8. The van der Waals surface area contributed by atoms with Gasteiger partial charge in [0.15, 0.2) is 34.0 Å². The van der Waals surface area contributed by atoms with Gasteiger partial charge in [0.1, 0.15) is 20.8 Å². The maximum atomic E-state index is 13.5. The molecular formula is C81H81F9N12O7S6. The molecule has 3 aliphatic heterocycles. The lowest BCUT2D eigenvalue weighted by atomic mass is 9.81. The number of nitrogens with one attached hydrogen (secondary N) is 1. The molecule has 0 amide bonds. The summed E-state index contributed by atoms with van der Waals surface area (Å²) >= 11 is 2.49. The second kappa shape index (κ2) is 33.8. The van der Waals surface area contributed by atoms with Gasteiger partial charge in [-0.2, -0.15) is 39.5 Å². The van der Waals surface area contributed by atoms with E-state index in [9.17, 15) is 69.6 Å². The van der Waals surface area contributed by atoms with Gasteiger partial charge in [0.25, 0.3) is 30.1 Å². The van der Waals surface area contributed by atoms with Gasteiger partial charge in [-0.15, -0.1) is 34.0 Å². The SMILES string of the molecule is C1CCNC1.O=C1CCC(c2cnc3c(c2)c(-c2nc(C(F)(F)F)cs2)cn3S(=O)(=O)c2ccccc2)CC1.O=S(=O)(c1ccccc1)n1cc(-c2nc(C(F)(F)F)cs2)c2cc(C3CCC(N4CCCC4)CC3)cnc21.O=S(=O)(c1ccccc1)n1cc(-c2nc(C(F)(F)F)cs2)c2cc(C3CCC(N4CCCC4)CC3)cnc21. The number of benzene rings is 3. The normalized spacial score (nSPS) is 19.8. The number of ketones is 1. The first-order valence-corrected chi connectivity index (χ1v) is 45.3. The van der Waals surface area contributed by atoms with Crippen LogP contribution in [0.2, 0.25) is 0 Å². The third-order valence-electron chi connectivity index (χ3n) is 22.5. The Morgan fingerprint density at radius 2 is 0.670 bits per heavy atom. The maximum Gasteiger partial charge on any atom is 0.434 e. The highest BCUT2D eigenvalue weighted by molar-refractivity contribution is 7.90. The summed E-state index contributed by atoms with van der Waals surface area (Å²) in [6.07, 6.45) is 13.7. The van der Waals surface area contributed by atoms with Crippen LogP contribution in [0.5, 0.6) is 0 Å². The molecule has 12 heterocycles. The van der Waals surface area contributed by atoms with Crippen molar-refractivity contribution in [3.8, 4) is 31.7 Å². The molecular weight excluding hydrogens is 1620 g/mol. The molecule has 606 valence electrons. The highest BCUT2D eigenvalue weighted by Crippen LogP contribution is 2.46. The largest absolute Gasteiger partial charge is 0.434 e. The van der Waals surface area contributed by atoms with Crippen LogP contribution < -0.4 is 5.32 Å². The summed E-state index contributed by atoms with van der Waals surface area (Å²) in [4.78, 5) is 41.9. The zero-order valence-corrected chi connectivity index (χ0v) is 67.0. The lowest BCUT2D eigenvalue weighted by Crippen LogP contribution is -2.35. The van der Waals surface area contributed by atoms with E-state index in [1.165, 1.54) is 133 Å². The molecule has 0 spiro atoms. The quantitative estimate of drug-likeness (QED) is 0.0998. The number of hydrogen-bond donors (Lipinski definition) is 1. The Kier molecular flexibility index (Phi) is 23.9. The van der Waals surface area contributed by atoms with Crippen LogP contribution in [0.3, 0.4) is 0 Å². The minimum Gasteiger partial charge on any atom is -0.317 e. The average molecular weight is 1700 g/mol. The number of nitrogens with zero attached hydrogens (tertiary/aromatic N) is 11. The second-order valence-electron chi connectivity index (χ2n) is 29.8. The number of fused-ring (bicyclic) bond motifs is 3. The van der Waals surface area contributed by atoms with Crippen LogP contribution in [0.1, 0.15) is 167 Å². The first-order valence-electron chi connectivity index (χ1n) is 38.3. The van der Waals surface area contributed by atoms with Gasteiger partial charge in [-0.3, -0.25) is 4.79 Å². The van der Waals surface area contributed by atoms with Crippen LogP contribution in [0.25, 0.3) is 64.8 Å². The van der Waals surface area contributed by atoms with Crippen molar-refractivity contribution in [3.05, 3.63) is 196 Å². The molecule has 0 radical (unpaired) electrons. The zero-order chi connectivity index (χ0) is 80.6. The molecule has 3 aromatic carbocycles. The van der Waals surface area contributed by atoms with Crippen LogP contribution in [-0.2, 0) is 53.4 Å². The van der Waals surface area contributed by atoms with Crippen molar-refractivity contribution in [1.29, 1.82) is 0 Å². The van der Waals surface area contributed by atoms with Crippen molar-refractivity contribution < 1.29 is 69.6 Å². The van der Waals surface area contributed by atoms with Crippen LogP contribution in [0, 0.1) is 0 Å². The summed E-state index contributed by atoms with van der Waals surface area (Å²) in [6.45, 7) is 7.18. The lowest BCUT2D eigenvalue weighted by Gasteiger charge is -2.34. The van der Waals surface area contributed by atoms with Crippen molar-refractivity contribution >= 4 is 103 Å². The number of halogens is 9. The molecule has 0 bridgehead atoms. The summed E-state index contributed by atoms with van der Waals surface area (Å²) < 4.78 is 203. The molecule has 0 unspecified atom stereocenters. The molecule has 115 heavy (non-hydrogen) atoms. The van der Waals surface area contributed by atoms with E-state index in [1.54, 1.807) is 79.3 Å². The number of alkyl halides is 9. The van der Waals surface area contributed by atoms with Crippen LogP contribution in [0.4, 0.5) is 39.5 Å². The van der Waals surface area contributed by atoms with Gasteiger partial charge >= 0.3 is 18.5 Å². The van der Waals surface area contributed by atoms with E-state index in [0.29, 0.717) is 65.1 Å². The molecule has 3 aliphatic carbocycles. The number of carbonyl (C=O) groups excluding carboxylic acids is 1. The molecule has 3 saturated carbocycles. The van der Waals surface area contributed by atoms with Gasteiger partial charge in [-0.05, 0) is 231 Å². The molecule has 12 aromatic rings. The van der Waals surface area contributed by atoms with Crippen molar-refractivity contribution in [3.63, 3.8) is 0 Å². The summed E-state index contributed by atoms with van der Waals surface area (Å²) in [5.41, 5.74) is 1.18. The van der Waals surface area contributed by atoms with E-state index in [1.807, 2.05) is 12.1 Å². The van der Waals surface area contributed by atoms with Gasteiger partial charge in [0.05, 0.1) is 14.7 Å². The molecule has 19 nitrogen and oxygen atoms in total. The highest BCUT2D eigenvalue weighted by atomic mass is 32.2. The van der Waals surface area contributed by atoms with Gasteiger partial charge in [-0.1, -0.05) is 54.6 Å². The Bertz CT molecular complexity index is 5550. The van der Waals surface area contributed by atoms with E-state index in [-0.39, 0.29) is 75.8 Å². The smallest absolute Gasteiger partial charge is 0.317 e. The fourth-order valence-electron chi connectivity index (χ4n) is 16.4. The predicted molar refractivity (Wildman–Crippen MR) is 425 cm³/mol. The Labute approximate surface area is 670 Å². The first kappa shape index (κ1) is 81.5. The number of likely N-dealkylation sites (tertiary alicyclic amines) is 2. The minimum absolute atomic E-state index is 0.0326. The first-order chi connectivity index (χ1) is 55.1. The monoisotopic (exact) mass is 1700 g/mol. The summed E-state index contributed by atoms with van der Waals surface area (Å²) in [5, 5.41) is 7.71. The van der Waals surface area contributed by atoms with Crippen LogP contribution >= 0.6 is 34.0 Å². The standard InChI is InChI=1S/2C27H27F3N4O2S2.C23H18F3N3O3S2.C4H9N/c2*28-27(29,30)24-17-37-26(32-24)23-16-34(38(35,36)21-6-2-1-3-7-21)25-22(23)14-19(15-31-25)18-8-10-20(11-9-18)33-12-4-5-13-33;24-23(25,26)20-13-33-22(28-20)19-12-29(34(31,32)17-4-2-1-3-5-17)21-18(19)10-15(11-27-21)14-6-8-16(30)9-7-14;1-2-4-5-3-1/h2*1-3,6-7,14-18,20H,4-5,8-13H2;1-5,10-14H,6-9H2;5H,1-4H2. The van der Waals surface area contributed by atoms with Crippen molar-refractivity contribution in [2.24, 2.45) is 0 Å². The van der Waals surface area contributed by atoms with Crippen LogP contribution in [-0.4, -0.2) is 134 Å². The minimum atomic E-state index is -4.61. The maximum absolute atomic E-state index is 13.5. The Morgan fingerprint density at radius 3 is 0.930 bits per heavy atom. The summed E-state index contributed by atoms with van der Waals surface area (Å²) in [7, 11) is -12.1. The molecule has 9 aromatic heterocycles. The average Bonchev–Trinajstić information content (AvgIpc) is 1.60. The number of hydrogen-bond acceptors (Lipinski definition) is 19. The fraction of sp³-hybridized carbons (Fsp3) is 0.395. The van der Waals surface area contributed by atoms with Gasteiger partial charge in [-0.25, -0.2) is 67.1 Å². The Balaban J connectivity index is 0.000000132. The molecule has 1 N–H and O–H groups in total. The number of aromatic nitrogens is 9. The zero-order valence-electron chi connectivity index (χ0n) is 62.1. The van der Waals surface area contributed by atoms with Gasteiger partial charge in [0.2, 0.25) is 0 Å². The molecule has 6 fully saturated rings. The van der Waals surface area contributed by atoms with Gasteiger partial charge < -0.3 is 15.1 Å². The molecule has 0 atom stereocenters. The van der Waals surface area contributed by atoms with E-state index in [0.717, 1.165) is 130 Å². The molecule has 18 rings (SSSR count). The van der Waals surface area contributed by atoms with Crippen molar-refractivity contribution in [1.82, 2.24) is 56.9 Å². The summed E-state index contributed by atoms with van der Waals surface area (Å²) in [5.74, 6) is 0.816. The third kappa shape index (κ3) is 17.7. The number of rotatable bonds is 14. The third-order valence-corrected chi connectivity index (χ3v) is 30.1. The Morgan fingerprint density at radius 1 is 0.383 bits per heavy atom. The van der Waals surface area contributed by atoms with E-state index in [2.05, 4.69) is 45.0 Å². The molecule has 34 heteroatoms. The van der Waals surface area contributed by atoms with Gasteiger partial charge in [0, 0.05) is 111 Å².